The van der Waals surface area contributed by atoms with E-state index < -0.39 is 9.84 Å². The lowest BCUT2D eigenvalue weighted by atomic mass is 10.4. The highest BCUT2D eigenvalue weighted by Crippen LogP contribution is 2.16. The molecule has 0 aromatic heterocycles. The fourth-order valence-corrected chi connectivity index (χ4v) is 1.75. The largest absolute Gasteiger partial charge is 0.219 e. The Morgan fingerprint density at radius 3 is 2.58 bits per heavy atom. The predicted octanol–water partition coefficient (Wildman–Crippen LogP) is 2.26. The molecule has 64 valence electrons. The average Bonchev–Trinajstić information content (AvgIpc) is 2.05. The topological polar surface area (TPSA) is 34.1 Å². The standard InChI is InChI=1S/C8H7ClO2S/c1-2-12(10,11)8-5-3-4-7(9)6-8/h2-6H,1H2. The summed E-state index contributed by atoms with van der Waals surface area (Å²) in [4.78, 5) is 0.171. The quantitative estimate of drug-likeness (QED) is 0.737. The van der Waals surface area contributed by atoms with Crippen LogP contribution in [0.1, 0.15) is 0 Å². The molecule has 1 aromatic carbocycles. The van der Waals surface area contributed by atoms with Crippen molar-refractivity contribution >= 4 is 21.4 Å². The van der Waals surface area contributed by atoms with Crippen LogP contribution in [0.2, 0.25) is 5.02 Å². The number of benzene rings is 1. The van der Waals surface area contributed by atoms with Crippen LogP contribution < -0.4 is 0 Å². The molecule has 0 radical (unpaired) electrons. The molecule has 1 rings (SSSR count). The average molecular weight is 203 g/mol. The minimum absolute atomic E-state index is 0.171. The van der Waals surface area contributed by atoms with Crippen LogP contribution in [-0.4, -0.2) is 8.42 Å². The van der Waals surface area contributed by atoms with Crippen molar-refractivity contribution in [2.45, 2.75) is 4.90 Å². The van der Waals surface area contributed by atoms with Gasteiger partial charge in [-0.2, -0.15) is 0 Å². The highest BCUT2D eigenvalue weighted by Gasteiger charge is 2.08. The van der Waals surface area contributed by atoms with Crippen LogP contribution in [0.4, 0.5) is 0 Å². The van der Waals surface area contributed by atoms with Crippen molar-refractivity contribution < 1.29 is 8.42 Å². The first-order valence-electron chi connectivity index (χ1n) is 3.19. The number of hydrogen-bond donors (Lipinski definition) is 0. The molecule has 0 aliphatic heterocycles. The summed E-state index contributed by atoms with van der Waals surface area (Å²) in [6, 6.07) is 6.06. The summed E-state index contributed by atoms with van der Waals surface area (Å²) < 4.78 is 22.4. The third-order valence-electron chi connectivity index (χ3n) is 1.34. The summed E-state index contributed by atoms with van der Waals surface area (Å²) in [5.74, 6) is 0. The van der Waals surface area contributed by atoms with E-state index in [2.05, 4.69) is 6.58 Å². The van der Waals surface area contributed by atoms with Crippen molar-refractivity contribution in [1.29, 1.82) is 0 Å². The Hall–Kier alpha value is -0.800. The molecule has 0 unspecified atom stereocenters. The lowest BCUT2D eigenvalue weighted by Gasteiger charge is -1.97. The Kier molecular flexibility index (Phi) is 2.55. The third kappa shape index (κ3) is 1.87. The van der Waals surface area contributed by atoms with Crippen LogP contribution in [-0.2, 0) is 9.84 Å². The summed E-state index contributed by atoms with van der Waals surface area (Å²) in [5, 5.41) is 1.30. The Balaban J connectivity index is 3.30. The SMILES string of the molecule is C=CS(=O)(=O)c1cccc(Cl)c1. The monoisotopic (exact) mass is 202 g/mol. The van der Waals surface area contributed by atoms with E-state index in [-0.39, 0.29) is 4.90 Å². The van der Waals surface area contributed by atoms with E-state index in [0.717, 1.165) is 5.41 Å². The molecule has 0 heterocycles. The van der Waals surface area contributed by atoms with Crippen molar-refractivity contribution in [3.63, 3.8) is 0 Å². The maximum absolute atomic E-state index is 11.2. The van der Waals surface area contributed by atoms with Gasteiger partial charge in [-0.25, -0.2) is 8.42 Å². The second-order valence-corrected chi connectivity index (χ2v) is 4.50. The van der Waals surface area contributed by atoms with Gasteiger partial charge in [0.15, 0.2) is 9.84 Å². The summed E-state index contributed by atoms with van der Waals surface area (Å²) in [7, 11) is -3.34. The molecule has 0 fully saturated rings. The smallest absolute Gasteiger partial charge is 0.199 e. The molecule has 0 saturated carbocycles. The molecule has 1 aromatic rings. The van der Waals surface area contributed by atoms with E-state index in [9.17, 15) is 8.42 Å². The van der Waals surface area contributed by atoms with Crippen LogP contribution in [0, 0.1) is 0 Å². The number of rotatable bonds is 2. The maximum Gasteiger partial charge on any atom is 0.199 e. The third-order valence-corrected chi connectivity index (χ3v) is 2.93. The van der Waals surface area contributed by atoms with Gasteiger partial charge in [0, 0.05) is 10.4 Å². The first-order valence-corrected chi connectivity index (χ1v) is 5.12. The van der Waals surface area contributed by atoms with Gasteiger partial charge in [-0.05, 0) is 18.2 Å². The highest BCUT2D eigenvalue weighted by atomic mass is 35.5. The molecule has 0 atom stereocenters. The Bertz CT molecular complexity index is 395. The molecule has 0 aliphatic carbocycles. The first-order chi connectivity index (χ1) is 5.56. The van der Waals surface area contributed by atoms with Crippen molar-refractivity contribution in [1.82, 2.24) is 0 Å². The lowest BCUT2D eigenvalue weighted by molar-refractivity contribution is 0.604. The molecule has 0 aliphatic rings. The molecule has 4 heteroatoms. The zero-order valence-corrected chi connectivity index (χ0v) is 7.77. The van der Waals surface area contributed by atoms with Crippen LogP contribution in [0.25, 0.3) is 0 Å². The van der Waals surface area contributed by atoms with Crippen LogP contribution in [0.3, 0.4) is 0 Å². The van der Waals surface area contributed by atoms with E-state index in [1.807, 2.05) is 0 Å². The maximum atomic E-state index is 11.2. The van der Waals surface area contributed by atoms with E-state index in [4.69, 9.17) is 11.6 Å². The highest BCUT2D eigenvalue weighted by molar-refractivity contribution is 7.94. The van der Waals surface area contributed by atoms with E-state index in [1.165, 1.54) is 12.1 Å². The summed E-state index contributed by atoms with van der Waals surface area (Å²) in [6.45, 7) is 3.21. The van der Waals surface area contributed by atoms with Crippen molar-refractivity contribution in [3.05, 3.63) is 41.3 Å². The van der Waals surface area contributed by atoms with Gasteiger partial charge in [-0.15, -0.1) is 0 Å². The van der Waals surface area contributed by atoms with Gasteiger partial charge in [0.1, 0.15) is 0 Å². The molecule has 0 amide bonds. The second kappa shape index (κ2) is 3.29. The van der Waals surface area contributed by atoms with E-state index in [1.54, 1.807) is 12.1 Å². The first kappa shape index (κ1) is 9.29. The zero-order valence-electron chi connectivity index (χ0n) is 6.20. The Morgan fingerprint density at radius 1 is 1.42 bits per heavy atom. The Labute approximate surface area is 76.4 Å². The van der Waals surface area contributed by atoms with Gasteiger partial charge in [-0.3, -0.25) is 0 Å². The molecule has 0 spiro atoms. The summed E-state index contributed by atoms with van der Waals surface area (Å²) in [6.07, 6.45) is 0. The van der Waals surface area contributed by atoms with Crippen molar-refractivity contribution in [2.75, 3.05) is 0 Å². The van der Waals surface area contributed by atoms with Crippen LogP contribution in [0.15, 0.2) is 41.1 Å². The molecule has 0 bridgehead atoms. The fraction of sp³-hybridized carbons (Fsp3) is 0. The van der Waals surface area contributed by atoms with Gasteiger partial charge in [0.2, 0.25) is 0 Å². The van der Waals surface area contributed by atoms with Gasteiger partial charge in [-0.1, -0.05) is 24.2 Å². The summed E-state index contributed by atoms with van der Waals surface area (Å²) in [5.41, 5.74) is 0. The molecule has 0 N–H and O–H groups in total. The molecular formula is C8H7ClO2S. The number of halogens is 1. The van der Waals surface area contributed by atoms with Gasteiger partial charge in [0.05, 0.1) is 4.90 Å². The molecule has 12 heavy (non-hydrogen) atoms. The van der Waals surface area contributed by atoms with Gasteiger partial charge >= 0.3 is 0 Å². The van der Waals surface area contributed by atoms with Gasteiger partial charge in [0.25, 0.3) is 0 Å². The number of hydrogen-bond acceptors (Lipinski definition) is 2. The zero-order chi connectivity index (χ0) is 9.19. The minimum atomic E-state index is -3.34. The molecule has 2 nitrogen and oxygen atoms in total. The van der Waals surface area contributed by atoms with Crippen LogP contribution >= 0.6 is 11.6 Å². The molecule has 0 saturated heterocycles. The normalized spacial score (nSPS) is 11.1. The summed E-state index contributed by atoms with van der Waals surface area (Å²) >= 11 is 5.61. The minimum Gasteiger partial charge on any atom is -0.219 e. The van der Waals surface area contributed by atoms with Crippen LogP contribution in [0.5, 0.6) is 0 Å². The molecular weight excluding hydrogens is 196 g/mol. The second-order valence-electron chi connectivity index (χ2n) is 2.17. The van der Waals surface area contributed by atoms with E-state index >= 15 is 0 Å². The van der Waals surface area contributed by atoms with Crippen molar-refractivity contribution in [2.24, 2.45) is 0 Å². The number of sulfone groups is 1. The Morgan fingerprint density at radius 2 is 2.08 bits per heavy atom. The lowest BCUT2D eigenvalue weighted by Crippen LogP contribution is -1.94. The van der Waals surface area contributed by atoms with Crippen molar-refractivity contribution in [3.8, 4) is 0 Å². The predicted molar refractivity (Wildman–Crippen MR) is 48.8 cm³/mol. The van der Waals surface area contributed by atoms with E-state index in [0.29, 0.717) is 5.02 Å². The van der Waals surface area contributed by atoms with Gasteiger partial charge < -0.3 is 0 Å². The fourth-order valence-electron chi connectivity index (χ4n) is 0.740.